The van der Waals surface area contributed by atoms with E-state index in [0.717, 1.165) is 5.69 Å². The molecule has 3 heterocycles. The second-order valence-electron chi connectivity index (χ2n) is 7.72. The number of benzene rings is 2. The molecular weight excluding hydrogens is 452 g/mol. The van der Waals surface area contributed by atoms with Gasteiger partial charge in [-0.25, -0.2) is 4.98 Å². The number of ether oxygens (including phenoxy) is 1. The van der Waals surface area contributed by atoms with Crippen molar-refractivity contribution in [2.24, 2.45) is 0 Å². The maximum absolute atomic E-state index is 13.4. The lowest BCUT2D eigenvalue weighted by atomic mass is 10.1. The molecule has 0 spiro atoms. The molecule has 0 bridgehead atoms. The molecule has 9 heteroatoms. The summed E-state index contributed by atoms with van der Waals surface area (Å²) in [5.41, 5.74) is 2.60. The van der Waals surface area contributed by atoms with Crippen LogP contribution in [0.5, 0.6) is 5.75 Å². The van der Waals surface area contributed by atoms with Gasteiger partial charge in [0.15, 0.2) is 5.13 Å². The van der Waals surface area contributed by atoms with Crippen LogP contribution >= 0.6 is 11.3 Å². The van der Waals surface area contributed by atoms with Gasteiger partial charge in [-0.2, -0.15) is 0 Å². The Morgan fingerprint density at radius 2 is 2.06 bits per heavy atom. The van der Waals surface area contributed by atoms with E-state index in [9.17, 15) is 9.59 Å². The van der Waals surface area contributed by atoms with E-state index < -0.39 is 6.17 Å². The number of hydrogen-bond donors (Lipinski definition) is 1. The molecule has 4 aromatic rings. The number of thiazole rings is 1. The van der Waals surface area contributed by atoms with Gasteiger partial charge in [-0.15, -0.1) is 11.3 Å². The number of anilines is 3. The highest BCUT2D eigenvalue weighted by molar-refractivity contribution is 7.14. The average Bonchev–Trinajstić information content (AvgIpc) is 3.53. The molecule has 0 saturated carbocycles. The zero-order valence-corrected chi connectivity index (χ0v) is 19.4. The van der Waals surface area contributed by atoms with Crippen LogP contribution in [0.25, 0.3) is 0 Å². The van der Waals surface area contributed by atoms with Gasteiger partial charge in [0, 0.05) is 24.1 Å². The minimum Gasteiger partial charge on any atom is -0.497 e. The summed E-state index contributed by atoms with van der Waals surface area (Å²) in [5, 5.41) is 5.79. The Morgan fingerprint density at radius 1 is 1.21 bits per heavy atom. The number of rotatable bonds is 6. The smallest absolute Gasteiger partial charge is 0.258 e. The van der Waals surface area contributed by atoms with E-state index in [-0.39, 0.29) is 18.4 Å². The summed E-state index contributed by atoms with van der Waals surface area (Å²) in [5.74, 6) is 0.999. The number of carbonyl (C=O) groups is 2. The van der Waals surface area contributed by atoms with Crippen LogP contribution in [-0.2, 0) is 11.3 Å². The maximum atomic E-state index is 13.4. The first-order chi connectivity index (χ1) is 16.5. The number of hydrogen-bond acceptors (Lipinski definition) is 7. The number of nitrogens with zero attached hydrogens (tertiary/aromatic N) is 3. The van der Waals surface area contributed by atoms with E-state index in [0.29, 0.717) is 33.6 Å². The molecule has 1 aliphatic heterocycles. The monoisotopic (exact) mass is 474 g/mol. The van der Waals surface area contributed by atoms with E-state index in [4.69, 9.17) is 14.1 Å². The lowest BCUT2D eigenvalue weighted by molar-refractivity contribution is -0.115. The summed E-state index contributed by atoms with van der Waals surface area (Å²) < 4.78 is 10.8. The fraction of sp³-hybridized carbons (Fsp3) is 0.160. The van der Waals surface area contributed by atoms with E-state index in [1.807, 2.05) is 47.8 Å². The molecule has 0 fully saturated rings. The Morgan fingerprint density at radius 3 is 2.82 bits per heavy atom. The number of aromatic nitrogens is 1. The van der Waals surface area contributed by atoms with Crippen LogP contribution in [0.2, 0.25) is 0 Å². The second-order valence-corrected chi connectivity index (χ2v) is 8.55. The van der Waals surface area contributed by atoms with Crippen LogP contribution in [0.4, 0.5) is 16.5 Å². The minimum absolute atomic E-state index is 0.124. The van der Waals surface area contributed by atoms with Gasteiger partial charge >= 0.3 is 0 Å². The SMILES string of the molecule is COc1cccc(N(C(C)=O)c2nc(C3Nc4ccccc4C(=O)N3Cc3ccco3)cs2)c1. The van der Waals surface area contributed by atoms with Crippen LogP contribution in [-0.4, -0.2) is 28.8 Å². The minimum atomic E-state index is -0.531. The van der Waals surface area contributed by atoms with Crippen molar-refractivity contribution in [3.05, 3.63) is 89.3 Å². The molecule has 34 heavy (non-hydrogen) atoms. The Balaban J connectivity index is 1.52. The van der Waals surface area contributed by atoms with Gasteiger partial charge in [0.25, 0.3) is 5.91 Å². The quantitative estimate of drug-likeness (QED) is 0.413. The molecule has 2 aromatic carbocycles. The molecule has 1 N–H and O–H groups in total. The number of fused-ring (bicyclic) bond motifs is 1. The van der Waals surface area contributed by atoms with Crippen LogP contribution in [0.3, 0.4) is 0 Å². The van der Waals surface area contributed by atoms with Crippen LogP contribution in [0.15, 0.2) is 76.7 Å². The number of amides is 2. The first kappa shape index (κ1) is 21.7. The summed E-state index contributed by atoms with van der Waals surface area (Å²) in [6, 6.07) is 18.3. The van der Waals surface area contributed by atoms with Crippen molar-refractivity contribution in [2.75, 3.05) is 17.3 Å². The number of nitrogens with one attached hydrogen (secondary N) is 1. The van der Waals surface area contributed by atoms with Crippen molar-refractivity contribution < 1.29 is 18.7 Å². The number of para-hydroxylation sites is 1. The van der Waals surface area contributed by atoms with Crippen molar-refractivity contribution in [1.29, 1.82) is 0 Å². The van der Waals surface area contributed by atoms with Gasteiger partial charge in [0.05, 0.1) is 36.9 Å². The van der Waals surface area contributed by atoms with E-state index in [1.165, 1.54) is 23.2 Å². The fourth-order valence-corrected chi connectivity index (χ4v) is 4.85. The van der Waals surface area contributed by atoms with Crippen LogP contribution < -0.4 is 15.0 Å². The van der Waals surface area contributed by atoms with Gasteiger partial charge < -0.3 is 19.4 Å². The number of carbonyl (C=O) groups excluding carboxylic acids is 2. The highest BCUT2D eigenvalue weighted by Crippen LogP contribution is 2.37. The Kier molecular flexibility index (Phi) is 5.77. The molecule has 2 aromatic heterocycles. The summed E-state index contributed by atoms with van der Waals surface area (Å²) in [6.07, 6.45) is 1.05. The van der Waals surface area contributed by atoms with E-state index in [1.54, 1.807) is 36.5 Å². The first-order valence-electron chi connectivity index (χ1n) is 10.6. The van der Waals surface area contributed by atoms with E-state index in [2.05, 4.69) is 5.32 Å². The Hall–Kier alpha value is -4.11. The molecule has 1 atom stereocenters. The molecular formula is C25H22N4O4S. The van der Waals surface area contributed by atoms with Crippen molar-refractivity contribution in [3.63, 3.8) is 0 Å². The molecule has 0 saturated heterocycles. The standard InChI is InChI=1S/C25H22N4O4S/c1-16(30)29(17-7-5-8-18(13-17)32-2)25-27-22(15-34-25)23-26-21-11-4-3-10-20(21)24(31)28(23)14-19-9-6-12-33-19/h3-13,15,23,26H,14H2,1-2H3. The summed E-state index contributed by atoms with van der Waals surface area (Å²) in [4.78, 5) is 34.0. The highest BCUT2D eigenvalue weighted by Gasteiger charge is 2.35. The molecule has 1 unspecified atom stereocenters. The fourth-order valence-electron chi connectivity index (χ4n) is 3.94. The Bertz CT molecular complexity index is 1330. The molecule has 5 rings (SSSR count). The lowest BCUT2D eigenvalue weighted by Crippen LogP contribution is -2.42. The van der Waals surface area contributed by atoms with Gasteiger partial charge in [0.1, 0.15) is 17.7 Å². The first-order valence-corrected chi connectivity index (χ1v) is 11.5. The zero-order valence-electron chi connectivity index (χ0n) is 18.6. The van der Waals surface area contributed by atoms with Gasteiger partial charge in [-0.3, -0.25) is 14.5 Å². The Labute approximate surface area is 200 Å². The zero-order chi connectivity index (χ0) is 23.7. The van der Waals surface area contributed by atoms with Crippen LogP contribution in [0.1, 0.15) is 34.9 Å². The molecule has 0 radical (unpaired) electrons. The molecule has 8 nitrogen and oxygen atoms in total. The van der Waals surface area contributed by atoms with Gasteiger partial charge in [0.2, 0.25) is 5.91 Å². The molecule has 0 aliphatic carbocycles. The largest absolute Gasteiger partial charge is 0.497 e. The van der Waals surface area contributed by atoms with E-state index >= 15 is 0 Å². The van der Waals surface area contributed by atoms with Crippen molar-refractivity contribution in [2.45, 2.75) is 19.6 Å². The molecule has 2 amide bonds. The summed E-state index contributed by atoms with van der Waals surface area (Å²) in [7, 11) is 1.58. The maximum Gasteiger partial charge on any atom is 0.258 e. The lowest BCUT2D eigenvalue weighted by Gasteiger charge is -2.36. The number of methoxy groups -OCH3 is 1. The summed E-state index contributed by atoms with van der Waals surface area (Å²) >= 11 is 1.33. The third-order valence-electron chi connectivity index (χ3n) is 5.54. The predicted molar refractivity (Wildman–Crippen MR) is 129 cm³/mol. The van der Waals surface area contributed by atoms with Crippen LogP contribution in [0, 0.1) is 0 Å². The normalized spacial score (nSPS) is 14.9. The van der Waals surface area contributed by atoms with Gasteiger partial charge in [-0.05, 0) is 36.4 Å². The third-order valence-corrected chi connectivity index (χ3v) is 6.38. The van der Waals surface area contributed by atoms with Crippen molar-refractivity contribution in [3.8, 4) is 5.75 Å². The average molecular weight is 475 g/mol. The molecule has 1 aliphatic rings. The summed E-state index contributed by atoms with van der Waals surface area (Å²) in [6.45, 7) is 1.76. The number of furan rings is 1. The second kappa shape index (κ2) is 9.03. The third kappa shape index (κ3) is 4.01. The van der Waals surface area contributed by atoms with Gasteiger partial charge in [-0.1, -0.05) is 18.2 Å². The van der Waals surface area contributed by atoms with Crippen molar-refractivity contribution >= 4 is 39.7 Å². The topological polar surface area (TPSA) is 87.9 Å². The predicted octanol–water partition coefficient (Wildman–Crippen LogP) is 5.20. The highest BCUT2D eigenvalue weighted by atomic mass is 32.1. The van der Waals surface area contributed by atoms with Crippen molar-refractivity contribution in [1.82, 2.24) is 9.88 Å². The molecule has 172 valence electrons.